The number of hydrogen-bond acceptors (Lipinski definition) is 7. The maximum absolute atomic E-state index is 12.4. The molecule has 0 aliphatic heterocycles. The number of H-pyrrole nitrogens is 1. The number of thiophene rings is 1. The molecule has 9 heteroatoms. The number of aryl methyl sites for hydroxylation is 2. The summed E-state index contributed by atoms with van der Waals surface area (Å²) >= 11 is 2.93. The van der Waals surface area contributed by atoms with Crippen LogP contribution in [0, 0.1) is 13.8 Å². The van der Waals surface area contributed by atoms with E-state index in [4.69, 9.17) is 5.84 Å². The van der Waals surface area contributed by atoms with Crippen molar-refractivity contribution < 1.29 is 0 Å². The number of aromatic nitrogens is 5. The highest BCUT2D eigenvalue weighted by molar-refractivity contribution is 7.98. The van der Waals surface area contributed by atoms with Crippen molar-refractivity contribution in [2.75, 3.05) is 5.84 Å². The number of thioether (sulfide) groups is 1. The molecule has 0 bridgehead atoms. The van der Waals surface area contributed by atoms with Crippen LogP contribution in [0.5, 0.6) is 0 Å². The second kappa shape index (κ2) is 7.55. The molecule has 0 fully saturated rings. The Morgan fingerprint density at radius 2 is 1.87 bits per heavy atom. The van der Waals surface area contributed by atoms with Crippen LogP contribution in [-0.2, 0) is 11.2 Å². The molecule has 1 aromatic carbocycles. The maximum atomic E-state index is 12.4. The molecule has 0 saturated carbocycles. The predicted octanol–water partition coefficient (Wildman–Crippen LogP) is 4.16. The van der Waals surface area contributed by atoms with E-state index in [2.05, 4.69) is 53.1 Å². The van der Waals surface area contributed by atoms with E-state index in [0.29, 0.717) is 27.9 Å². The van der Waals surface area contributed by atoms with Crippen molar-refractivity contribution in [1.82, 2.24) is 24.8 Å². The third-order valence-electron chi connectivity index (χ3n) is 5.10. The fourth-order valence-electron chi connectivity index (χ4n) is 3.19. The van der Waals surface area contributed by atoms with Crippen LogP contribution >= 0.6 is 23.1 Å². The normalized spacial score (nSPS) is 12.0. The van der Waals surface area contributed by atoms with Gasteiger partial charge in [-0.2, -0.15) is 0 Å². The molecule has 0 radical (unpaired) electrons. The highest BCUT2D eigenvalue weighted by atomic mass is 32.2. The lowest BCUT2D eigenvalue weighted by Crippen LogP contribution is -2.13. The van der Waals surface area contributed by atoms with E-state index >= 15 is 0 Å². The van der Waals surface area contributed by atoms with Crippen molar-refractivity contribution in [3.05, 3.63) is 56.4 Å². The summed E-state index contributed by atoms with van der Waals surface area (Å²) < 4.78 is 1.48. The number of nitrogen functional groups attached to an aromatic ring is 1. The Kier molecular flexibility index (Phi) is 5.19. The molecule has 0 aliphatic rings. The van der Waals surface area contributed by atoms with Crippen molar-refractivity contribution >= 4 is 33.3 Å². The molecule has 4 rings (SSSR count). The van der Waals surface area contributed by atoms with Crippen LogP contribution in [0.25, 0.3) is 21.6 Å². The van der Waals surface area contributed by atoms with Crippen LogP contribution < -0.4 is 11.4 Å². The Labute approximate surface area is 182 Å². The summed E-state index contributed by atoms with van der Waals surface area (Å²) in [4.78, 5) is 21.8. The van der Waals surface area contributed by atoms with Crippen LogP contribution in [0.2, 0.25) is 0 Å². The van der Waals surface area contributed by atoms with Gasteiger partial charge in [-0.05, 0) is 30.4 Å². The molecule has 0 atom stereocenters. The summed E-state index contributed by atoms with van der Waals surface area (Å²) in [5.74, 6) is 7.88. The second-order valence-electron chi connectivity index (χ2n) is 8.27. The van der Waals surface area contributed by atoms with Gasteiger partial charge < -0.3 is 10.8 Å². The summed E-state index contributed by atoms with van der Waals surface area (Å²) in [7, 11) is 0. The monoisotopic (exact) mass is 440 g/mol. The first-order chi connectivity index (χ1) is 14.1. The van der Waals surface area contributed by atoms with Gasteiger partial charge in [0, 0.05) is 10.4 Å². The fourth-order valence-corrected chi connectivity index (χ4v) is 4.97. The molecule has 30 heavy (non-hydrogen) atoms. The first-order valence-corrected chi connectivity index (χ1v) is 11.4. The standard InChI is InChI=1S/C21H24N6OS2/c1-11-12(2)30-19-16(11)18(28)23-15(24-19)10-29-20-26-25-17(27(20)22)13-6-8-14(9-7-13)21(3,4)5/h6-9H,10,22H2,1-5H3,(H,23,24,28). The number of rotatable bonds is 4. The third-order valence-corrected chi connectivity index (χ3v) is 7.16. The number of nitrogens with zero attached hydrogens (tertiary/aromatic N) is 4. The van der Waals surface area contributed by atoms with Crippen molar-refractivity contribution in [3.63, 3.8) is 0 Å². The summed E-state index contributed by atoms with van der Waals surface area (Å²) in [5, 5.41) is 9.70. The van der Waals surface area contributed by atoms with Gasteiger partial charge in [-0.1, -0.05) is 56.8 Å². The number of nitrogens with one attached hydrogen (secondary N) is 1. The van der Waals surface area contributed by atoms with E-state index in [0.717, 1.165) is 20.8 Å². The van der Waals surface area contributed by atoms with E-state index in [-0.39, 0.29) is 11.0 Å². The summed E-state index contributed by atoms with van der Waals surface area (Å²) in [6.45, 7) is 10.5. The molecule has 0 spiro atoms. The average Bonchev–Trinajstić information content (AvgIpc) is 3.19. The van der Waals surface area contributed by atoms with Gasteiger partial charge in [0.05, 0.1) is 11.1 Å². The van der Waals surface area contributed by atoms with E-state index in [1.807, 2.05) is 26.0 Å². The largest absolute Gasteiger partial charge is 0.335 e. The second-order valence-corrected chi connectivity index (χ2v) is 10.4. The Balaban J connectivity index is 1.55. The molecule has 156 valence electrons. The van der Waals surface area contributed by atoms with Crippen molar-refractivity contribution in [1.29, 1.82) is 0 Å². The molecular weight excluding hydrogens is 416 g/mol. The molecule has 3 N–H and O–H groups in total. The smallest absolute Gasteiger partial charge is 0.259 e. The topological polar surface area (TPSA) is 102 Å². The summed E-state index contributed by atoms with van der Waals surface area (Å²) in [6.07, 6.45) is 0. The highest BCUT2D eigenvalue weighted by Crippen LogP contribution is 2.29. The van der Waals surface area contributed by atoms with Crippen LogP contribution in [-0.4, -0.2) is 24.8 Å². The van der Waals surface area contributed by atoms with Crippen molar-refractivity contribution in [2.45, 2.75) is 50.9 Å². The molecule has 0 unspecified atom stereocenters. The number of benzene rings is 1. The lowest BCUT2D eigenvalue weighted by Gasteiger charge is -2.19. The fraction of sp³-hybridized carbons (Fsp3) is 0.333. The number of fused-ring (bicyclic) bond motifs is 1. The minimum Gasteiger partial charge on any atom is -0.335 e. The minimum absolute atomic E-state index is 0.0839. The van der Waals surface area contributed by atoms with Gasteiger partial charge in [-0.15, -0.1) is 21.5 Å². The predicted molar refractivity (Wildman–Crippen MR) is 124 cm³/mol. The molecule has 7 nitrogen and oxygen atoms in total. The van der Waals surface area contributed by atoms with Gasteiger partial charge in [-0.3, -0.25) is 4.79 Å². The zero-order chi connectivity index (χ0) is 21.6. The molecule has 0 aliphatic carbocycles. The number of aromatic amines is 1. The van der Waals surface area contributed by atoms with E-state index < -0.39 is 0 Å². The zero-order valence-corrected chi connectivity index (χ0v) is 19.2. The lowest BCUT2D eigenvalue weighted by molar-refractivity contribution is 0.590. The highest BCUT2D eigenvalue weighted by Gasteiger charge is 2.17. The van der Waals surface area contributed by atoms with Gasteiger partial charge in [0.2, 0.25) is 5.16 Å². The van der Waals surface area contributed by atoms with Crippen LogP contribution in [0.4, 0.5) is 0 Å². The molecule has 0 amide bonds. The Morgan fingerprint density at radius 1 is 1.17 bits per heavy atom. The Bertz CT molecular complexity index is 1280. The molecule has 4 aromatic rings. The summed E-state index contributed by atoms with van der Waals surface area (Å²) in [6, 6.07) is 8.20. The first kappa shape index (κ1) is 20.6. The molecule has 0 saturated heterocycles. The molecule has 3 heterocycles. The Hall–Kier alpha value is -2.65. The van der Waals surface area contributed by atoms with Gasteiger partial charge in [0.1, 0.15) is 10.7 Å². The van der Waals surface area contributed by atoms with Crippen LogP contribution in [0.3, 0.4) is 0 Å². The summed E-state index contributed by atoms with van der Waals surface area (Å²) in [5.41, 5.74) is 3.12. The van der Waals surface area contributed by atoms with Gasteiger partial charge in [-0.25, -0.2) is 9.66 Å². The lowest BCUT2D eigenvalue weighted by atomic mass is 9.87. The first-order valence-electron chi connectivity index (χ1n) is 9.58. The number of hydrogen-bond donors (Lipinski definition) is 2. The van der Waals surface area contributed by atoms with Gasteiger partial charge >= 0.3 is 0 Å². The van der Waals surface area contributed by atoms with E-state index in [9.17, 15) is 4.79 Å². The molecular formula is C21H24N6OS2. The average molecular weight is 441 g/mol. The van der Waals surface area contributed by atoms with Crippen molar-refractivity contribution in [3.8, 4) is 11.4 Å². The number of nitrogens with two attached hydrogens (primary N) is 1. The minimum atomic E-state index is -0.105. The SMILES string of the molecule is Cc1sc2nc(CSc3nnc(-c4ccc(C(C)(C)C)cc4)n3N)[nH]c(=O)c2c1C. The third kappa shape index (κ3) is 3.75. The zero-order valence-electron chi connectivity index (χ0n) is 17.6. The maximum Gasteiger partial charge on any atom is 0.259 e. The van der Waals surface area contributed by atoms with Gasteiger partial charge in [0.15, 0.2) is 5.82 Å². The quantitative estimate of drug-likeness (QED) is 0.365. The van der Waals surface area contributed by atoms with Crippen LogP contribution in [0.15, 0.2) is 34.2 Å². The van der Waals surface area contributed by atoms with Crippen molar-refractivity contribution in [2.24, 2.45) is 0 Å². The van der Waals surface area contributed by atoms with E-state index in [1.165, 1.54) is 33.3 Å². The molecule has 3 aromatic heterocycles. The Morgan fingerprint density at radius 3 is 2.53 bits per heavy atom. The van der Waals surface area contributed by atoms with E-state index in [1.54, 1.807) is 0 Å². The van der Waals surface area contributed by atoms with Crippen LogP contribution in [0.1, 0.15) is 42.6 Å². The van der Waals surface area contributed by atoms with Gasteiger partial charge in [0.25, 0.3) is 5.56 Å².